The lowest BCUT2D eigenvalue weighted by atomic mass is 9.73. The predicted molar refractivity (Wildman–Crippen MR) is 109 cm³/mol. The molecular weight excluding hydrogens is 376 g/mol. The molecule has 0 saturated carbocycles. The highest BCUT2D eigenvalue weighted by Crippen LogP contribution is 2.36. The van der Waals surface area contributed by atoms with Crippen molar-refractivity contribution >= 4 is 23.3 Å². The normalized spacial score (nSPS) is 18.2. The number of nitrogens with zero attached hydrogens (tertiary/aromatic N) is 2. The summed E-state index contributed by atoms with van der Waals surface area (Å²) in [7, 11) is 0. The third-order valence-electron chi connectivity index (χ3n) is 5.62. The maximum atomic E-state index is 13.4. The second-order valence-corrected chi connectivity index (χ2v) is 8.92. The van der Waals surface area contributed by atoms with Crippen molar-refractivity contribution in [2.75, 3.05) is 13.1 Å². The molecule has 6 heteroatoms. The van der Waals surface area contributed by atoms with E-state index in [4.69, 9.17) is 11.6 Å². The lowest BCUT2D eigenvalue weighted by molar-refractivity contribution is 0.0788. The van der Waals surface area contributed by atoms with E-state index in [0.29, 0.717) is 47.8 Å². The van der Waals surface area contributed by atoms with E-state index in [1.165, 1.54) is 4.57 Å². The van der Waals surface area contributed by atoms with Crippen LogP contribution in [0.15, 0.2) is 35.3 Å². The summed E-state index contributed by atoms with van der Waals surface area (Å²) in [5, 5.41) is 0.556. The Hall–Kier alpha value is -2.40. The van der Waals surface area contributed by atoms with Crippen molar-refractivity contribution in [3.05, 3.63) is 62.5 Å². The van der Waals surface area contributed by atoms with Crippen LogP contribution in [0.4, 0.5) is 0 Å². The van der Waals surface area contributed by atoms with Gasteiger partial charge in [-0.3, -0.25) is 19.0 Å². The van der Waals surface area contributed by atoms with Crippen molar-refractivity contribution in [2.24, 2.45) is 5.41 Å². The van der Waals surface area contributed by atoms with E-state index in [1.54, 1.807) is 35.4 Å². The number of halogens is 1. The van der Waals surface area contributed by atoms with Gasteiger partial charge in [0.15, 0.2) is 5.78 Å². The van der Waals surface area contributed by atoms with Crippen LogP contribution in [0.5, 0.6) is 0 Å². The summed E-state index contributed by atoms with van der Waals surface area (Å²) >= 11 is 5.97. The van der Waals surface area contributed by atoms with Crippen molar-refractivity contribution < 1.29 is 9.59 Å². The number of benzene rings is 1. The topological polar surface area (TPSA) is 59.4 Å². The standard InChI is InChI=1S/C22H23ClN2O3/c1-22(2)11-16-17(18(26)12-22)13-25(15-7-5-14(23)6-8-15)21(28)19(16)20(27)24-9-3-4-10-24/h5-8,13H,3-4,9-12H2,1-2H3. The van der Waals surface area contributed by atoms with Crippen LogP contribution < -0.4 is 5.56 Å². The van der Waals surface area contributed by atoms with Gasteiger partial charge in [0.05, 0.1) is 0 Å². The summed E-state index contributed by atoms with van der Waals surface area (Å²) in [5.74, 6) is -0.281. The van der Waals surface area contributed by atoms with Crippen molar-refractivity contribution in [1.82, 2.24) is 9.47 Å². The number of likely N-dealkylation sites (tertiary alicyclic amines) is 1. The van der Waals surface area contributed by atoms with Crippen LogP contribution in [0.2, 0.25) is 5.02 Å². The quantitative estimate of drug-likeness (QED) is 0.771. The van der Waals surface area contributed by atoms with E-state index in [-0.39, 0.29) is 28.2 Å². The minimum absolute atomic E-state index is 0.0237. The number of carbonyl (C=O) groups is 2. The molecule has 1 saturated heterocycles. The highest BCUT2D eigenvalue weighted by atomic mass is 35.5. The Morgan fingerprint density at radius 3 is 2.32 bits per heavy atom. The number of hydrogen-bond acceptors (Lipinski definition) is 3. The fraction of sp³-hybridized carbons (Fsp3) is 0.409. The molecule has 2 heterocycles. The first kappa shape index (κ1) is 18.9. The summed E-state index contributed by atoms with van der Waals surface area (Å²) in [5.41, 5.74) is 1.18. The molecule has 2 aromatic rings. The second-order valence-electron chi connectivity index (χ2n) is 8.49. The average Bonchev–Trinajstić information content (AvgIpc) is 3.16. The van der Waals surface area contributed by atoms with Gasteiger partial charge < -0.3 is 4.90 Å². The maximum absolute atomic E-state index is 13.4. The Kier molecular flexibility index (Phi) is 4.66. The number of hydrogen-bond donors (Lipinski definition) is 0. The van der Waals surface area contributed by atoms with Gasteiger partial charge in [0.1, 0.15) is 5.56 Å². The number of Topliss-reactive ketones (excluding diaryl/α,β-unsaturated/α-hetero) is 1. The Labute approximate surface area is 168 Å². The highest BCUT2D eigenvalue weighted by Gasteiger charge is 2.37. The van der Waals surface area contributed by atoms with Gasteiger partial charge in [-0.25, -0.2) is 0 Å². The summed E-state index contributed by atoms with van der Waals surface area (Å²) < 4.78 is 1.41. The van der Waals surface area contributed by atoms with Crippen molar-refractivity contribution in [1.29, 1.82) is 0 Å². The first-order valence-corrected chi connectivity index (χ1v) is 10.0. The molecule has 0 N–H and O–H groups in total. The van der Waals surface area contributed by atoms with Gasteiger partial charge in [-0.15, -0.1) is 0 Å². The molecule has 1 aliphatic carbocycles. The van der Waals surface area contributed by atoms with E-state index < -0.39 is 0 Å². The fourth-order valence-electron chi connectivity index (χ4n) is 4.24. The zero-order valence-electron chi connectivity index (χ0n) is 16.1. The van der Waals surface area contributed by atoms with Crippen LogP contribution in [-0.4, -0.2) is 34.2 Å². The molecule has 0 spiro atoms. The summed E-state index contributed by atoms with van der Waals surface area (Å²) in [6.45, 7) is 5.31. The fourth-order valence-corrected chi connectivity index (χ4v) is 4.36. The maximum Gasteiger partial charge on any atom is 0.268 e. The van der Waals surface area contributed by atoms with Gasteiger partial charge in [-0.2, -0.15) is 0 Å². The van der Waals surface area contributed by atoms with E-state index in [1.807, 2.05) is 13.8 Å². The van der Waals surface area contributed by atoms with Gasteiger partial charge in [-0.05, 0) is 54.5 Å². The predicted octanol–water partition coefficient (Wildman–Crippen LogP) is 3.88. The lowest BCUT2D eigenvalue weighted by Crippen LogP contribution is -2.40. The lowest BCUT2D eigenvalue weighted by Gasteiger charge is -2.32. The number of amides is 1. The number of carbonyl (C=O) groups excluding carboxylic acids is 2. The molecular formula is C22H23ClN2O3. The number of ketones is 1. The van der Waals surface area contributed by atoms with Gasteiger partial charge in [0.25, 0.3) is 11.5 Å². The smallest absolute Gasteiger partial charge is 0.268 e. The Bertz CT molecular complexity index is 1020. The summed E-state index contributed by atoms with van der Waals surface area (Å²) in [4.78, 5) is 41.3. The molecule has 0 unspecified atom stereocenters. The molecule has 1 aliphatic heterocycles. The van der Waals surface area contributed by atoms with Crippen LogP contribution in [0.3, 0.4) is 0 Å². The van der Waals surface area contributed by atoms with E-state index in [0.717, 1.165) is 12.8 Å². The molecule has 1 aromatic heterocycles. The van der Waals surface area contributed by atoms with Gasteiger partial charge in [0, 0.05) is 42.0 Å². The van der Waals surface area contributed by atoms with Crippen molar-refractivity contribution in [2.45, 2.75) is 39.5 Å². The summed E-state index contributed by atoms with van der Waals surface area (Å²) in [6, 6.07) is 6.82. The average molecular weight is 399 g/mol. The van der Waals surface area contributed by atoms with Crippen LogP contribution in [-0.2, 0) is 6.42 Å². The van der Waals surface area contributed by atoms with E-state index >= 15 is 0 Å². The first-order valence-electron chi connectivity index (χ1n) is 9.64. The van der Waals surface area contributed by atoms with Crippen LogP contribution in [0.1, 0.15) is 59.4 Å². The van der Waals surface area contributed by atoms with Gasteiger partial charge >= 0.3 is 0 Å². The van der Waals surface area contributed by atoms with Crippen molar-refractivity contribution in [3.63, 3.8) is 0 Å². The number of aromatic nitrogens is 1. The Balaban J connectivity index is 1.96. The van der Waals surface area contributed by atoms with Crippen molar-refractivity contribution in [3.8, 4) is 5.69 Å². The monoisotopic (exact) mass is 398 g/mol. The van der Waals surface area contributed by atoms with Crippen LogP contribution in [0, 0.1) is 5.41 Å². The highest BCUT2D eigenvalue weighted by molar-refractivity contribution is 6.30. The van der Waals surface area contributed by atoms with E-state index in [9.17, 15) is 14.4 Å². The number of pyridine rings is 1. The van der Waals surface area contributed by atoms with Gasteiger partial charge in [0.2, 0.25) is 0 Å². The molecule has 0 radical (unpaired) electrons. The molecule has 4 rings (SSSR count). The molecule has 0 bridgehead atoms. The zero-order valence-corrected chi connectivity index (χ0v) is 16.9. The first-order chi connectivity index (χ1) is 13.3. The van der Waals surface area contributed by atoms with Crippen LogP contribution >= 0.6 is 11.6 Å². The SMILES string of the molecule is CC1(C)CC(=O)c2cn(-c3ccc(Cl)cc3)c(=O)c(C(=O)N3CCCC3)c2C1. The molecule has 28 heavy (non-hydrogen) atoms. The third kappa shape index (κ3) is 3.28. The second kappa shape index (κ2) is 6.89. The Morgan fingerprint density at radius 1 is 1.04 bits per heavy atom. The van der Waals surface area contributed by atoms with Gasteiger partial charge in [-0.1, -0.05) is 25.4 Å². The molecule has 1 fully saturated rings. The van der Waals surface area contributed by atoms with Crippen LogP contribution in [0.25, 0.3) is 5.69 Å². The minimum atomic E-state index is -0.372. The number of fused-ring (bicyclic) bond motifs is 1. The minimum Gasteiger partial charge on any atom is -0.338 e. The summed E-state index contributed by atoms with van der Waals surface area (Å²) in [6.07, 6.45) is 4.42. The molecule has 1 aromatic carbocycles. The third-order valence-corrected chi connectivity index (χ3v) is 5.88. The molecule has 1 amide bonds. The molecule has 5 nitrogen and oxygen atoms in total. The molecule has 0 atom stereocenters. The molecule has 146 valence electrons. The molecule has 2 aliphatic rings. The largest absolute Gasteiger partial charge is 0.338 e. The van der Waals surface area contributed by atoms with E-state index in [2.05, 4.69) is 0 Å². The Morgan fingerprint density at radius 2 is 1.68 bits per heavy atom. The number of rotatable bonds is 2. The zero-order chi connectivity index (χ0) is 20.1.